The van der Waals surface area contributed by atoms with E-state index >= 15 is 0 Å². The van der Waals surface area contributed by atoms with Crippen LogP contribution in [0.25, 0.3) is 0 Å². The summed E-state index contributed by atoms with van der Waals surface area (Å²) in [5, 5.41) is 8.52. The van der Waals surface area contributed by atoms with Gasteiger partial charge in [0.05, 0.1) is 0 Å². The Hall–Kier alpha value is -0.940. The summed E-state index contributed by atoms with van der Waals surface area (Å²) in [7, 11) is 0. The van der Waals surface area contributed by atoms with E-state index < -0.39 is 5.97 Å². The van der Waals surface area contributed by atoms with Gasteiger partial charge in [-0.3, -0.25) is 4.79 Å². The molecule has 0 aromatic heterocycles. The summed E-state index contributed by atoms with van der Waals surface area (Å²) in [6.07, 6.45) is 2.55. The minimum absolute atomic E-state index is 0.255. The van der Waals surface area contributed by atoms with Crippen LogP contribution >= 0.6 is 0 Å². The summed E-state index contributed by atoms with van der Waals surface area (Å²) in [6.45, 7) is 5.67. The molecule has 0 aromatic carbocycles. The van der Waals surface area contributed by atoms with Gasteiger partial charge in [-0.15, -0.1) is 0 Å². The average molecular weight is 228 g/mol. The molecule has 0 aliphatic carbocycles. The number of aliphatic carboxylic acids is 1. The van der Waals surface area contributed by atoms with Gasteiger partial charge in [-0.05, 0) is 13.0 Å². The molecule has 0 saturated carbocycles. The largest absolute Gasteiger partial charge is 0.481 e. The number of rotatable bonds is 7. The summed E-state index contributed by atoms with van der Waals surface area (Å²) in [4.78, 5) is 25.1. The highest BCUT2D eigenvalue weighted by atomic mass is 16.4. The van der Waals surface area contributed by atoms with E-state index in [1.165, 1.54) is 0 Å². The highest BCUT2D eigenvalue weighted by Gasteiger charge is 2.15. The fourth-order valence-electron chi connectivity index (χ4n) is 1.93. The quantitative estimate of drug-likeness (QED) is 0.624. The van der Waals surface area contributed by atoms with Gasteiger partial charge in [0.2, 0.25) is 0 Å². The standard InChI is InChI=1S/C11H20N2O3/c14-10-2-5-13-8-6-12(7-9-13)4-1-3-11(15)16/h10H,1-9H2,(H,15,16). The Morgan fingerprint density at radius 2 is 1.69 bits per heavy atom. The van der Waals surface area contributed by atoms with Crippen LogP contribution in [0, 0.1) is 0 Å². The topological polar surface area (TPSA) is 60.9 Å². The number of hydrogen-bond donors (Lipinski definition) is 1. The summed E-state index contributed by atoms with van der Waals surface area (Å²) in [5.74, 6) is -0.718. The van der Waals surface area contributed by atoms with Crippen molar-refractivity contribution >= 4 is 12.3 Å². The zero-order valence-corrected chi connectivity index (χ0v) is 9.60. The van der Waals surface area contributed by atoms with Crippen molar-refractivity contribution in [1.82, 2.24) is 9.80 Å². The smallest absolute Gasteiger partial charge is 0.303 e. The number of carbonyl (C=O) groups excluding carboxylic acids is 1. The molecular weight excluding hydrogens is 208 g/mol. The van der Waals surface area contributed by atoms with Gasteiger partial charge in [-0.2, -0.15) is 0 Å². The van der Waals surface area contributed by atoms with Crippen molar-refractivity contribution in [3.05, 3.63) is 0 Å². The van der Waals surface area contributed by atoms with Crippen molar-refractivity contribution in [2.24, 2.45) is 0 Å². The molecule has 0 amide bonds. The fraction of sp³-hybridized carbons (Fsp3) is 0.818. The molecule has 5 heteroatoms. The lowest BCUT2D eigenvalue weighted by Gasteiger charge is -2.34. The van der Waals surface area contributed by atoms with Gasteiger partial charge < -0.3 is 19.7 Å². The Morgan fingerprint density at radius 1 is 1.12 bits per heavy atom. The van der Waals surface area contributed by atoms with Crippen LogP contribution in [0.15, 0.2) is 0 Å². The van der Waals surface area contributed by atoms with E-state index in [2.05, 4.69) is 9.80 Å². The Bertz CT molecular complexity index is 225. The van der Waals surface area contributed by atoms with E-state index in [1.54, 1.807) is 0 Å². The van der Waals surface area contributed by atoms with E-state index in [0.717, 1.165) is 52.0 Å². The van der Waals surface area contributed by atoms with Gasteiger partial charge in [0.15, 0.2) is 0 Å². The maximum atomic E-state index is 10.4. The van der Waals surface area contributed by atoms with Crippen molar-refractivity contribution in [3.8, 4) is 0 Å². The molecule has 1 aliphatic heterocycles. The van der Waals surface area contributed by atoms with Crippen LogP contribution in [-0.4, -0.2) is 66.4 Å². The summed E-state index contributed by atoms with van der Waals surface area (Å²) in [5.41, 5.74) is 0. The van der Waals surface area contributed by atoms with Crippen LogP contribution in [0.1, 0.15) is 19.3 Å². The molecule has 5 nitrogen and oxygen atoms in total. The lowest BCUT2D eigenvalue weighted by atomic mass is 10.2. The molecule has 0 spiro atoms. The molecule has 92 valence electrons. The van der Waals surface area contributed by atoms with Crippen molar-refractivity contribution in [3.63, 3.8) is 0 Å². The zero-order valence-electron chi connectivity index (χ0n) is 9.60. The molecule has 1 rings (SSSR count). The molecule has 0 unspecified atom stereocenters. The average Bonchev–Trinajstić information content (AvgIpc) is 2.27. The van der Waals surface area contributed by atoms with Gasteiger partial charge >= 0.3 is 5.97 Å². The van der Waals surface area contributed by atoms with E-state index in [-0.39, 0.29) is 6.42 Å². The zero-order chi connectivity index (χ0) is 11.8. The molecule has 1 heterocycles. The first-order chi connectivity index (χ1) is 7.72. The minimum atomic E-state index is -0.718. The Morgan fingerprint density at radius 3 is 2.19 bits per heavy atom. The first-order valence-electron chi connectivity index (χ1n) is 5.82. The maximum absolute atomic E-state index is 10.4. The third kappa shape index (κ3) is 5.23. The van der Waals surface area contributed by atoms with Crippen LogP contribution in [0.2, 0.25) is 0 Å². The first-order valence-corrected chi connectivity index (χ1v) is 5.82. The summed E-state index contributed by atoms with van der Waals surface area (Å²) in [6, 6.07) is 0. The van der Waals surface area contributed by atoms with Gasteiger partial charge in [0.1, 0.15) is 6.29 Å². The molecular formula is C11H20N2O3. The summed E-state index contributed by atoms with van der Waals surface area (Å²) >= 11 is 0. The Kier molecular flexibility index (Phi) is 6.03. The van der Waals surface area contributed by atoms with Gasteiger partial charge in [0, 0.05) is 45.6 Å². The molecule has 1 fully saturated rings. The highest BCUT2D eigenvalue weighted by Crippen LogP contribution is 2.03. The molecule has 0 bridgehead atoms. The van der Waals surface area contributed by atoms with E-state index in [4.69, 9.17) is 5.11 Å². The molecule has 1 saturated heterocycles. The van der Waals surface area contributed by atoms with E-state index in [1.807, 2.05) is 0 Å². The number of carbonyl (C=O) groups is 2. The predicted molar refractivity (Wildman–Crippen MR) is 60.4 cm³/mol. The second-order valence-electron chi connectivity index (χ2n) is 4.14. The number of nitrogens with zero attached hydrogens (tertiary/aromatic N) is 2. The van der Waals surface area contributed by atoms with E-state index in [0.29, 0.717) is 6.42 Å². The lowest BCUT2D eigenvalue weighted by Crippen LogP contribution is -2.46. The summed E-state index contributed by atoms with van der Waals surface area (Å²) < 4.78 is 0. The van der Waals surface area contributed by atoms with Gasteiger partial charge in [-0.1, -0.05) is 0 Å². The number of piperazine rings is 1. The normalized spacial score (nSPS) is 18.5. The monoisotopic (exact) mass is 228 g/mol. The van der Waals surface area contributed by atoms with E-state index in [9.17, 15) is 9.59 Å². The van der Waals surface area contributed by atoms with Crippen LogP contribution < -0.4 is 0 Å². The molecule has 0 radical (unpaired) electrons. The first kappa shape index (κ1) is 13.1. The number of carboxylic acids is 1. The Balaban J connectivity index is 2.07. The minimum Gasteiger partial charge on any atom is -0.481 e. The second kappa shape index (κ2) is 7.35. The van der Waals surface area contributed by atoms with Crippen molar-refractivity contribution in [2.45, 2.75) is 19.3 Å². The molecule has 1 aliphatic rings. The SMILES string of the molecule is O=CCCN1CCN(CCCC(=O)O)CC1. The van der Waals surface area contributed by atoms with Crippen LogP contribution in [-0.2, 0) is 9.59 Å². The molecule has 0 aromatic rings. The molecule has 1 N–H and O–H groups in total. The van der Waals surface area contributed by atoms with Crippen LogP contribution in [0.5, 0.6) is 0 Å². The third-order valence-corrected chi connectivity index (χ3v) is 2.89. The third-order valence-electron chi connectivity index (χ3n) is 2.89. The van der Waals surface area contributed by atoms with Crippen molar-refractivity contribution in [1.29, 1.82) is 0 Å². The second-order valence-corrected chi connectivity index (χ2v) is 4.14. The molecule has 0 atom stereocenters. The van der Waals surface area contributed by atoms with Crippen LogP contribution in [0.4, 0.5) is 0 Å². The Labute approximate surface area is 96.0 Å². The fourth-order valence-corrected chi connectivity index (χ4v) is 1.93. The van der Waals surface area contributed by atoms with Crippen molar-refractivity contribution < 1.29 is 14.7 Å². The van der Waals surface area contributed by atoms with Crippen molar-refractivity contribution in [2.75, 3.05) is 39.3 Å². The highest BCUT2D eigenvalue weighted by molar-refractivity contribution is 5.66. The number of hydrogen-bond acceptors (Lipinski definition) is 4. The number of aldehydes is 1. The lowest BCUT2D eigenvalue weighted by molar-refractivity contribution is -0.137. The maximum Gasteiger partial charge on any atom is 0.303 e. The van der Waals surface area contributed by atoms with Gasteiger partial charge in [-0.25, -0.2) is 0 Å². The van der Waals surface area contributed by atoms with Gasteiger partial charge in [0.25, 0.3) is 0 Å². The van der Waals surface area contributed by atoms with Crippen LogP contribution in [0.3, 0.4) is 0 Å². The molecule has 16 heavy (non-hydrogen) atoms. The number of carboxylic acid groups (broad SMARTS) is 1. The predicted octanol–water partition coefficient (Wildman–Crippen LogP) is 0.0578.